The van der Waals surface area contributed by atoms with Crippen LogP contribution in [0.4, 0.5) is 5.69 Å². The molecule has 0 aliphatic carbocycles. The van der Waals surface area contributed by atoms with Gasteiger partial charge in [-0.3, -0.25) is 9.59 Å². The summed E-state index contributed by atoms with van der Waals surface area (Å²) in [7, 11) is 3.08. The number of pyridine rings is 1. The van der Waals surface area contributed by atoms with Crippen molar-refractivity contribution in [2.24, 2.45) is 0 Å². The first-order valence-corrected chi connectivity index (χ1v) is 8.65. The smallest absolute Gasteiger partial charge is 0.261 e. The first kappa shape index (κ1) is 18.5. The molecule has 1 heterocycles. The highest BCUT2D eigenvalue weighted by Gasteiger charge is 2.17. The number of anilines is 1. The van der Waals surface area contributed by atoms with Crippen LogP contribution in [0.3, 0.4) is 0 Å². The number of hydrogen-bond acceptors (Lipinski definition) is 4. The van der Waals surface area contributed by atoms with Crippen molar-refractivity contribution in [3.63, 3.8) is 0 Å². The van der Waals surface area contributed by atoms with Crippen LogP contribution in [-0.2, 0) is 6.54 Å². The maximum atomic E-state index is 13.0. The number of nitrogens with one attached hydrogen (secondary N) is 1. The Bertz CT molecular complexity index is 1070. The van der Waals surface area contributed by atoms with Gasteiger partial charge in [-0.15, -0.1) is 0 Å². The van der Waals surface area contributed by atoms with Crippen LogP contribution < -0.4 is 20.2 Å². The lowest BCUT2D eigenvalue weighted by atomic mass is 10.1. The van der Waals surface area contributed by atoms with Gasteiger partial charge in [0.15, 0.2) is 0 Å². The van der Waals surface area contributed by atoms with E-state index in [2.05, 4.69) is 5.32 Å². The van der Waals surface area contributed by atoms with E-state index in [-0.39, 0.29) is 11.0 Å². The molecule has 3 rings (SSSR count). The molecule has 1 amide bonds. The highest BCUT2D eigenvalue weighted by molar-refractivity contribution is 6.06. The number of aromatic nitrogens is 1. The highest BCUT2D eigenvalue weighted by Crippen LogP contribution is 2.26. The summed E-state index contributed by atoms with van der Waals surface area (Å²) in [6.07, 6.45) is 1.59. The lowest BCUT2D eigenvalue weighted by Gasteiger charge is -2.14. The number of aryl methyl sites for hydroxylation is 2. The van der Waals surface area contributed by atoms with Gasteiger partial charge in [-0.05, 0) is 49.7 Å². The van der Waals surface area contributed by atoms with Gasteiger partial charge in [-0.1, -0.05) is 6.07 Å². The standard InChI is InChI=1S/C21H22N2O4/c1-5-23-12-16(20(24)15-11-14(26-3)7-8-18(15)23)21(25)22-17-10-13(2)6-9-19(17)27-4/h6-12H,5H2,1-4H3,(H,22,25). The van der Waals surface area contributed by atoms with Crippen molar-refractivity contribution in [2.75, 3.05) is 19.5 Å². The van der Waals surface area contributed by atoms with Gasteiger partial charge in [0.2, 0.25) is 5.43 Å². The summed E-state index contributed by atoms with van der Waals surface area (Å²) in [5.74, 6) is 0.628. The summed E-state index contributed by atoms with van der Waals surface area (Å²) >= 11 is 0. The number of ether oxygens (including phenoxy) is 2. The summed E-state index contributed by atoms with van der Waals surface area (Å²) < 4.78 is 12.4. The fourth-order valence-corrected chi connectivity index (χ4v) is 3.04. The lowest BCUT2D eigenvalue weighted by Crippen LogP contribution is -2.24. The molecule has 0 bridgehead atoms. The second-order valence-electron chi connectivity index (χ2n) is 6.20. The topological polar surface area (TPSA) is 69.6 Å². The average molecular weight is 366 g/mol. The number of methoxy groups -OCH3 is 2. The number of benzene rings is 2. The monoisotopic (exact) mass is 366 g/mol. The Morgan fingerprint density at radius 1 is 1.11 bits per heavy atom. The summed E-state index contributed by atoms with van der Waals surface area (Å²) in [4.78, 5) is 25.8. The Morgan fingerprint density at radius 3 is 2.56 bits per heavy atom. The molecule has 0 saturated carbocycles. The molecule has 0 unspecified atom stereocenters. The number of rotatable bonds is 5. The number of carbonyl (C=O) groups is 1. The fourth-order valence-electron chi connectivity index (χ4n) is 3.04. The molecule has 0 aliphatic rings. The fraction of sp³-hybridized carbons (Fsp3) is 0.238. The Balaban J connectivity index is 2.11. The Kier molecular flexibility index (Phi) is 5.16. The molecule has 0 fully saturated rings. The molecule has 6 nitrogen and oxygen atoms in total. The van der Waals surface area contributed by atoms with E-state index in [1.165, 1.54) is 7.11 Å². The predicted molar refractivity (Wildman–Crippen MR) is 106 cm³/mol. The molecule has 0 aliphatic heterocycles. The van der Waals surface area contributed by atoms with Crippen LogP contribution >= 0.6 is 0 Å². The van der Waals surface area contributed by atoms with Crippen LogP contribution in [0, 0.1) is 6.92 Å². The number of hydrogen-bond donors (Lipinski definition) is 1. The molecule has 3 aromatic rings. The largest absolute Gasteiger partial charge is 0.497 e. The number of carbonyl (C=O) groups excluding carboxylic acids is 1. The maximum Gasteiger partial charge on any atom is 0.261 e. The van der Waals surface area contributed by atoms with E-state index in [1.54, 1.807) is 37.6 Å². The van der Waals surface area contributed by atoms with Crippen LogP contribution in [0.1, 0.15) is 22.8 Å². The lowest BCUT2D eigenvalue weighted by molar-refractivity contribution is 0.102. The van der Waals surface area contributed by atoms with Crippen LogP contribution in [-0.4, -0.2) is 24.7 Å². The van der Waals surface area contributed by atoms with Crippen molar-refractivity contribution >= 4 is 22.5 Å². The van der Waals surface area contributed by atoms with Gasteiger partial charge >= 0.3 is 0 Å². The summed E-state index contributed by atoms with van der Waals surface area (Å²) in [5.41, 5.74) is 1.99. The van der Waals surface area contributed by atoms with Crippen LogP contribution in [0.25, 0.3) is 10.9 Å². The normalized spacial score (nSPS) is 10.7. The second-order valence-corrected chi connectivity index (χ2v) is 6.20. The van der Waals surface area contributed by atoms with Crippen LogP contribution in [0.2, 0.25) is 0 Å². The van der Waals surface area contributed by atoms with E-state index in [9.17, 15) is 9.59 Å². The van der Waals surface area contributed by atoms with Crippen LogP contribution in [0.5, 0.6) is 11.5 Å². The Hall–Kier alpha value is -3.28. The highest BCUT2D eigenvalue weighted by atomic mass is 16.5. The van der Waals surface area contributed by atoms with Gasteiger partial charge in [-0.25, -0.2) is 0 Å². The molecule has 2 aromatic carbocycles. The van der Waals surface area contributed by atoms with E-state index < -0.39 is 5.91 Å². The average Bonchev–Trinajstić information content (AvgIpc) is 2.68. The molecule has 6 heteroatoms. The molecule has 0 radical (unpaired) electrons. The molecule has 140 valence electrons. The van der Waals surface area contributed by atoms with Crippen molar-refractivity contribution in [1.82, 2.24) is 4.57 Å². The van der Waals surface area contributed by atoms with Gasteiger partial charge in [0.05, 0.1) is 30.8 Å². The minimum atomic E-state index is -0.476. The van der Waals surface area contributed by atoms with Gasteiger partial charge in [0, 0.05) is 12.7 Å². The van der Waals surface area contributed by atoms with Crippen molar-refractivity contribution in [2.45, 2.75) is 20.4 Å². The summed E-state index contributed by atoms with van der Waals surface area (Å²) in [6, 6.07) is 10.8. The third-order valence-corrected chi connectivity index (χ3v) is 4.48. The third kappa shape index (κ3) is 3.51. The van der Waals surface area contributed by atoms with Gasteiger partial charge < -0.3 is 19.4 Å². The first-order chi connectivity index (χ1) is 13.0. The molecule has 0 saturated heterocycles. The van der Waals surface area contributed by atoms with Gasteiger partial charge in [0.1, 0.15) is 17.1 Å². The zero-order chi connectivity index (χ0) is 19.6. The minimum Gasteiger partial charge on any atom is -0.497 e. The zero-order valence-corrected chi connectivity index (χ0v) is 15.8. The quantitative estimate of drug-likeness (QED) is 0.749. The maximum absolute atomic E-state index is 13.0. The van der Waals surface area contributed by atoms with E-state index >= 15 is 0 Å². The molecule has 1 aromatic heterocycles. The number of fused-ring (bicyclic) bond motifs is 1. The SMILES string of the molecule is CCn1cc(C(=O)Nc2cc(C)ccc2OC)c(=O)c2cc(OC)ccc21. The van der Waals surface area contributed by atoms with Crippen molar-refractivity contribution in [1.29, 1.82) is 0 Å². The molecular formula is C21H22N2O4. The Labute approximate surface area is 157 Å². The predicted octanol–water partition coefficient (Wildman–Crippen LogP) is 3.60. The van der Waals surface area contributed by atoms with Crippen molar-refractivity contribution in [3.8, 4) is 11.5 Å². The summed E-state index contributed by atoms with van der Waals surface area (Å²) in [6.45, 7) is 4.50. The van der Waals surface area contributed by atoms with Crippen molar-refractivity contribution in [3.05, 3.63) is 63.9 Å². The summed E-state index contributed by atoms with van der Waals surface area (Å²) in [5, 5.41) is 3.24. The zero-order valence-electron chi connectivity index (χ0n) is 15.8. The van der Waals surface area contributed by atoms with E-state index in [4.69, 9.17) is 9.47 Å². The Morgan fingerprint density at radius 2 is 1.89 bits per heavy atom. The van der Waals surface area contributed by atoms with Crippen LogP contribution in [0.15, 0.2) is 47.4 Å². The molecule has 0 atom stereocenters. The van der Waals surface area contributed by atoms with Gasteiger partial charge in [-0.2, -0.15) is 0 Å². The van der Waals surface area contributed by atoms with Gasteiger partial charge in [0.25, 0.3) is 5.91 Å². The van der Waals surface area contributed by atoms with E-state index in [0.717, 1.165) is 11.1 Å². The van der Waals surface area contributed by atoms with E-state index in [0.29, 0.717) is 29.1 Å². The first-order valence-electron chi connectivity index (χ1n) is 8.65. The van der Waals surface area contributed by atoms with Crippen molar-refractivity contribution < 1.29 is 14.3 Å². The van der Waals surface area contributed by atoms with E-state index in [1.807, 2.05) is 30.5 Å². The second kappa shape index (κ2) is 7.53. The molecule has 27 heavy (non-hydrogen) atoms. The number of nitrogens with zero attached hydrogens (tertiary/aromatic N) is 1. The number of amides is 1. The third-order valence-electron chi connectivity index (χ3n) is 4.48. The molecule has 1 N–H and O–H groups in total. The minimum absolute atomic E-state index is 0.0705. The molecular weight excluding hydrogens is 344 g/mol. The molecule has 0 spiro atoms.